The molecule has 3 aromatic rings. The number of pyridine rings is 1. The second-order valence-corrected chi connectivity index (χ2v) is 6.33. The van der Waals surface area contributed by atoms with E-state index >= 15 is 0 Å². The standard InChI is InChI=1S/C18H22N6S.HI/c1-3-19-18(23-12-16-6-9-25-13-16)22-11-15-4-5-17(21-10-15)24-8-7-20-14(24)2;/h4-10,13H,3,11-12H2,1-2H3,(H2,19,22,23);1H. The van der Waals surface area contributed by atoms with E-state index in [1.807, 2.05) is 30.0 Å². The Labute approximate surface area is 174 Å². The molecule has 138 valence electrons. The van der Waals surface area contributed by atoms with Crippen LogP contribution in [0.25, 0.3) is 5.82 Å². The minimum atomic E-state index is 0. The number of nitrogens with one attached hydrogen (secondary N) is 2. The molecule has 0 atom stereocenters. The van der Waals surface area contributed by atoms with E-state index in [-0.39, 0.29) is 24.0 Å². The molecule has 0 unspecified atom stereocenters. The van der Waals surface area contributed by atoms with Crippen LogP contribution in [0.2, 0.25) is 0 Å². The minimum Gasteiger partial charge on any atom is -0.357 e. The Morgan fingerprint density at radius 3 is 2.69 bits per heavy atom. The Hall–Kier alpha value is -1.94. The van der Waals surface area contributed by atoms with Crippen molar-refractivity contribution < 1.29 is 0 Å². The maximum atomic E-state index is 4.61. The number of hydrogen-bond donors (Lipinski definition) is 2. The maximum Gasteiger partial charge on any atom is 0.191 e. The lowest BCUT2D eigenvalue weighted by molar-refractivity contribution is 0.811. The third-order valence-electron chi connectivity index (χ3n) is 3.69. The lowest BCUT2D eigenvalue weighted by Crippen LogP contribution is -2.36. The molecule has 0 aliphatic heterocycles. The van der Waals surface area contributed by atoms with Crippen LogP contribution >= 0.6 is 35.3 Å². The van der Waals surface area contributed by atoms with Crippen molar-refractivity contribution in [2.75, 3.05) is 6.54 Å². The third kappa shape index (κ3) is 5.53. The van der Waals surface area contributed by atoms with Gasteiger partial charge in [-0.1, -0.05) is 6.07 Å². The second kappa shape index (κ2) is 10.3. The Kier molecular flexibility index (Phi) is 8.05. The Balaban J connectivity index is 0.00000243. The van der Waals surface area contributed by atoms with Gasteiger partial charge in [-0.15, -0.1) is 24.0 Å². The summed E-state index contributed by atoms with van der Waals surface area (Å²) < 4.78 is 1.96. The fourth-order valence-electron chi connectivity index (χ4n) is 2.36. The molecule has 8 heteroatoms. The number of rotatable bonds is 6. The van der Waals surface area contributed by atoms with Crippen molar-refractivity contribution in [3.63, 3.8) is 0 Å². The van der Waals surface area contributed by atoms with Gasteiger partial charge in [-0.25, -0.2) is 15.0 Å². The summed E-state index contributed by atoms with van der Waals surface area (Å²) in [5.74, 6) is 2.60. The summed E-state index contributed by atoms with van der Waals surface area (Å²) in [5, 5.41) is 10.8. The molecule has 0 saturated carbocycles. The van der Waals surface area contributed by atoms with Gasteiger partial charge in [0.1, 0.15) is 11.6 Å². The predicted octanol–water partition coefficient (Wildman–Crippen LogP) is 3.51. The highest BCUT2D eigenvalue weighted by Gasteiger charge is 2.03. The minimum absolute atomic E-state index is 0. The largest absolute Gasteiger partial charge is 0.357 e. The fourth-order valence-corrected chi connectivity index (χ4v) is 3.02. The van der Waals surface area contributed by atoms with Gasteiger partial charge in [-0.05, 0) is 47.9 Å². The molecule has 3 aromatic heterocycles. The van der Waals surface area contributed by atoms with Crippen LogP contribution in [0.3, 0.4) is 0 Å². The molecule has 2 N–H and O–H groups in total. The van der Waals surface area contributed by atoms with Crippen LogP contribution in [0.4, 0.5) is 0 Å². The smallest absolute Gasteiger partial charge is 0.191 e. The molecule has 3 rings (SSSR count). The van der Waals surface area contributed by atoms with Gasteiger partial charge >= 0.3 is 0 Å². The number of aromatic nitrogens is 3. The maximum absolute atomic E-state index is 4.61. The monoisotopic (exact) mass is 482 g/mol. The second-order valence-electron chi connectivity index (χ2n) is 5.55. The Bertz CT molecular complexity index is 811. The number of nitrogens with zero attached hydrogens (tertiary/aromatic N) is 4. The summed E-state index contributed by atoms with van der Waals surface area (Å²) in [6.07, 6.45) is 5.57. The van der Waals surface area contributed by atoms with Gasteiger partial charge in [0.15, 0.2) is 5.96 Å². The van der Waals surface area contributed by atoms with E-state index < -0.39 is 0 Å². The topological polar surface area (TPSA) is 67.1 Å². The first-order chi connectivity index (χ1) is 12.3. The molecule has 0 aliphatic rings. The SMILES string of the molecule is CCNC(=NCc1ccsc1)NCc1ccc(-n2ccnc2C)nc1.I. The van der Waals surface area contributed by atoms with Crippen molar-refractivity contribution in [2.45, 2.75) is 26.9 Å². The van der Waals surface area contributed by atoms with Crippen LogP contribution in [0.5, 0.6) is 0 Å². The lowest BCUT2D eigenvalue weighted by Gasteiger charge is -2.11. The molecular weight excluding hydrogens is 459 g/mol. The number of guanidine groups is 1. The van der Waals surface area contributed by atoms with Crippen molar-refractivity contribution >= 4 is 41.3 Å². The van der Waals surface area contributed by atoms with Gasteiger partial charge in [-0.3, -0.25) is 4.57 Å². The molecule has 0 radical (unpaired) electrons. The van der Waals surface area contributed by atoms with Crippen molar-refractivity contribution in [3.8, 4) is 5.82 Å². The number of halogens is 1. The Morgan fingerprint density at radius 1 is 1.19 bits per heavy atom. The average Bonchev–Trinajstić information content (AvgIpc) is 3.29. The third-order valence-corrected chi connectivity index (χ3v) is 4.42. The van der Waals surface area contributed by atoms with Gasteiger partial charge in [0.25, 0.3) is 0 Å². The summed E-state index contributed by atoms with van der Waals surface area (Å²) in [5.41, 5.74) is 2.33. The number of thiophene rings is 1. The van der Waals surface area contributed by atoms with Gasteiger partial charge in [0.05, 0.1) is 6.54 Å². The highest BCUT2D eigenvalue weighted by Crippen LogP contribution is 2.09. The van der Waals surface area contributed by atoms with E-state index in [0.29, 0.717) is 13.1 Å². The number of aliphatic imine (C=N–C) groups is 1. The van der Waals surface area contributed by atoms with Crippen LogP contribution < -0.4 is 10.6 Å². The summed E-state index contributed by atoms with van der Waals surface area (Å²) in [4.78, 5) is 13.4. The van der Waals surface area contributed by atoms with Crippen molar-refractivity contribution in [1.82, 2.24) is 25.2 Å². The van der Waals surface area contributed by atoms with Gasteiger partial charge in [-0.2, -0.15) is 11.3 Å². The van der Waals surface area contributed by atoms with E-state index in [1.54, 1.807) is 17.5 Å². The summed E-state index contributed by atoms with van der Waals surface area (Å²) in [6.45, 7) is 6.20. The van der Waals surface area contributed by atoms with E-state index in [2.05, 4.69) is 55.4 Å². The van der Waals surface area contributed by atoms with Crippen LogP contribution in [0.1, 0.15) is 23.9 Å². The van der Waals surface area contributed by atoms with E-state index in [4.69, 9.17) is 0 Å². The number of hydrogen-bond acceptors (Lipinski definition) is 4. The number of aryl methyl sites for hydroxylation is 1. The average molecular weight is 482 g/mol. The fraction of sp³-hybridized carbons (Fsp3) is 0.278. The highest BCUT2D eigenvalue weighted by atomic mass is 127. The zero-order valence-corrected chi connectivity index (χ0v) is 18.0. The highest BCUT2D eigenvalue weighted by molar-refractivity contribution is 14.0. The lowest BCUT2D eigenvalue weighted by atomic mass is 10.3. The number of imidazole rings is 1. The normalized spacial score (nSPS) is 11.1. The molecule has 0 amide bonds. The van der Waals surface area contributed by atoms with Crippen molar-refractivity contribution in [3.05, 3.63) is 64.5 Å². The predicted molar refractivity (Wildman–Crippen MR) is 117 cm³/mol. The molecule has 3 heterocycles. The van der Waals surface area contributed by atoms with Gasteiger partial charge in [0, 0.05) is 31.7 Å². The molecule has 0 saturated heterocycles. The first-order valence-electron chi connectivity index (χ1n) is 8.24. The molecule has 0 aromatic carbocycles. The zero-order valence-electron chi connectivity index (χ0n) is 14.8. The van der Waals surface area contributed by atoms with Crippen molar-refractivity contribution in [1.29, 1.82) is 0 Å². The molecule has 0 fully saturated rings. The first-order valence-corrected chi connectivity index (χ1v) is 9.19. The zero-order chi connectivity index (χ0) is 17.5. The van der Waals surface area contributed by atoms with Crippen LogP contribution in [0.15, 0.2) is 52.5 Å². The summed E-state index contributed by atoms with van der Waals surface area (Å²) in [7, 11) is 0. The van der Waals surface area contributed by atoms with Gasteiger partial charge in [0.2, 0.25) is 0 Å². The van der Waals surface area contributed by atoms with Crippen LogP contribution in [-0.4, -0.2) is 27.0 Å². The van der Waals surface area contributed by atoms with Crippen LogP contribution in [0, 0.1) is 6.92 Å². The molecular formula is C18H23IN6S. The molecule has 26 heavy (non-hydrogen) atoms. The van der Waals surface area contributed by atoms with Gasteiger partial charge < -0.3 is 10.6 Å². The summed E-state index contributed by atoms with van der Waals surface area (Å²) in [6, 6.07) is 6.16. The molecule has 0 aliphatic carbocycles. The first kappa shape index (κ1) is 20.4. The van der Waals surface area contributed by atoms with E-state index in [0.717, 1.165) is 29.7 Å². The van der Waals surface area contributed by atoms with E-state index in [9.17, 15) is 0 Å². The van der Waals surface area contributed by atoms with Crippen molar-refractivity contribution in [2.24, 2.45) is 4.99 Å². The molecule has 0 bridgehead atoms. The van der Waals surface area contributed by atoms with Crippen LogP contribution in [-0.2, 0) is 13.1 Å². The molecule has 6 nitrogen and oxygen atoms in total. The molecule has 0 spiro atoms. The quantitative estimate of drug-likeness (QED) is 0.321. The summed E-state index contributed by atoms with van der Waals surface area (Å²) >= 11 is 1.69. The van der Waals surface area contributed by atoms with E-state index in [1.165, 1.54) is 5.56 Å². The Morgan fingerprint density at radius 2 is 2.08 bits per heavy atom.